The van der Waals surface area contributed by atoms with Gasteiger partial charge in [0.2, 0.25) is 0 Å². The Kier molecular flexibility index (Phi) is 4.09. The number of hydrogen-bond acceptors (Lipinski definition) is 4. The van der Waals surface area contributed by atoms with Crippen molar-refractivity contribution < 1.29 is 4.74 Å². The molecule has 0 spiro atoms. The Morgan fingerprint density at radius 2 is 2.35 bits per heavy atom. The van der Waals surface area contributed by atoms with Gasteiger partial charge in [-0.1, -0.05) is 0 Å². The van der Waals surface area contributed by atoms with Crippen LogP contribution < -0.4 is 21.1 Å². The van der Waals surface area contributed by atoms with Crippen molar-refractivity contribution in [1.82, 2.24) is 0 Å². The van der Waals surface area contributed by atoms with Gasteiger partial charge in [0.25, 0.3) is 0 Å². The molecule has 0 aliphatic carbocycles. The van der Waals surface area contributed by atoms with E-state index in [4.69, 9.17) is 10.5 Å². The molecule has 17 heavy (non-hydrogen) atoms. The third-order valence-corrected chi connectivity index (χ3v) is 3.05. The molecular formula is C13H21N3O. The fourth-order valence-electron chi connectivity index (χ4n) is 2.15. The van der Waals surface area contributed by atoms with Gasteiger partial charge in [-0.15, -0.1) is 0 Å². The lowest BCUT2D eigenvalue weighted by Crippen LogP contribution is -2.16. The minimum atomic E-state index is 0.715. The van der Waals surface area contributed by atoms with E-state index in [0.717, 1.165) is 37.4 Å². The average molecular weight is 235 g/mol. The van der Waals surface area contributed by atoms with Gasteiger partial charge < -0.3 is 21.1 Å². The second kappa shape index (κ2) is 5.77. The number of nitrogens with one attached hydrogen (secondary N) is 2. The van der Waals surface area contributed by atoms with Gasteiger partial charge in [0, 0.05) is 19.2 Å². The van der Waals surface area contributed by atoms with Crippen LogP contribution in [0.25, 0.3) is 0 Å². The Labute approximate surface area is 103 Å². The van der Waals surface area contributed by atoms with Crippen LogP contribution in [0.3, 0.4) is 0 Å². The molecule has 0 atom stereocenters. The van der Waals surface area contributed by atoms with E-state index < -0.39 is 0 Å². The Morgan fingerprint density at radius 1 is 1.47 bits per heavy atom. The van der Waals surface area contributed by atoms with Crippen molar-refractivity contribution in [1.29, 1.82) is 0 Å². The molecule has 94 valence electrons. The smallest absolute Gasteiger partial charge is 0.121 e. The van der Waals surface area contributed by atoms with Gasteiger partial charge >= 0.3 is 0 Å². The molecule has 0 unspecified atom stereocenters. The lowest BCUT2D eigenvalue weighted by Gasteiger charge is -2.23. The number of anilines is 2. The molecule has 0 aromatic heterocycles. The molecule has 1 aliphatic rings. The predicted octanol–water partition coefficient (Wildman–Crippen LogP) is 1.81. The van der Waals surface area contributed by atoms with E-state index in [1.165, 1.54) is 17.7 Å². The molecule has 4 heteroatoms. The van der Waals surface area contributed by atoms with Gasteiger partial charge in [0.1, 0.15) is 5.75 Å². The molecule has 2 rings (SSSR count). The number of hydrogen-bond donors (Lipinski definition) is 3. The van der Waals surface area contributed by atoms with Crippen LogP contribution in [0.1, 0.15) is 18.4 Å². The molecule has 0 saturated carbocycles. The lowest BCUT2D eigenvalue weighted by molar-refractivity contribution is 0.414. The molecule has 0 saturated heterocycles. The van der Waals surface area contributed by atoms with Gasteiger partial charge in [0.05, 0.1) is 18.5 Å². The summed E-state index contributed by atoms with van der Waals surface area (Å²) >= 11 is 0. The van der Waals surface area contributed by atoms with Crippen molar-refractivity contribution in [2.45, 2.75) is 19.3 Å². The van der Waals surface area contributed by atoms with Crippen LogP contribution in [0.5, 0.6) is 5.75 Å². The average Bonchev–Trinajstić information content (AvgIpc) is 2.38. The van der Waals surface area contributed by atoms with E-state index in [1.54, 1.807) is 7.11 Å². The third-order valence-electron chi connectivity index (χ3n) is 3.05. The summed E-state index contributed by atoms with van der Waals surface area (Å²) in [5.74, 6) is 0.919. The van der Waals surface area contributed by atoms with Gasteiger partial charge in [-0.2, -0.15) is 0 Å². The van der Waals surface area contributed by atoms with Crippen LogP contribution in [0.15, 0.2) is 12.1 Å². The van der Waals surface area contributed by atoms with Crippen molar-refractivity contribution in [3.8, 4) is 5.75 Å². The summed E-state index contributed by atoms with van der Waals surface area (Å²) in [5.41, 5.74) is 9.21. The maximum absolute atomic E-state index is 5.51. The summed E-state index contributed by atoms with van der Waals surface area (Å²) in [5, 5.41) is 6.89. The number of nitrogens with two attached hydrogens (primary N) is 1. The Balaban J connectivity index is 2.21. The molecule has 0 radical (unpaired) electrons. The van der Waals surface area contributed by atoms with E-state index in [0.29, 0.717) is 6.54 Å². The molecule has 0 fully saturated rings. The highest BCUT2D eigenvalue weighted by Gasteiger charge is 2.14. The molecule has 4 N–H and O–H groups in total. The van der Waals surface area contributed by atoms with Gasteiger partial charge in [-0.05, 0) is 37.4 Å². The number of methoxy groups -OCH3 is 1. The fraction of sp³-hybridized carbons (Fsp3) is 0.538. The minimum Gasteiger partial charge on any atom is -0.497 e. The van der Waals surface area contributed by atoms with E-state index in [-0.39, 0.29) is 0 Å². The number of benzene rings is 1. The topological polar surface area (TPSA) is 59.3 Å². The highest BCUT2D eigenvalue weighted by Crippen LogP contribution is 2.34. The Morgan fingerprint density at radius 3 is 3.12 bits per heavy atom. The highest BCUT2D eigenvalue weighted by atomic mass is 16.5. The second-order valence-corrected chi connectivity index (χ2v) is 4.31. The molecule has 1 aromatic rings. The number of rotatable bonds is 5. The normalized spacial score (nSPS) is 13.8. The first-order valence-corrected chi connectivity index (χ1v) is 6.24. The summed E-state index contributed by atoms with van der Waals surface area (Å²) in [6, 6.07) is 4.17. The first kappa shape index (κ1) is 12.0. The first-order valence-electron chi connectivity index (χ1n) is 6.24. The monoisotopic (exact) mass is 235 g/mol. The molecule has 1 aliphatic heterocycles. The maximum atomic E-state index is 5.51. The molecule has 1 heterocycles. The van der Waals surface area contributed by atoms with E-state index in [1.807, 2.05) is 6.07 Å². The van der Waals surface area contributed by atoms with Crippen molar-refractivity contribution >= 4 is 11.4 Å². The van der Waals surface area contributed by atoms with Crippen molar-refractivity contribution in [3.05, 3.63) is 17.7 Å². The molecular weight excluding hydrogens is 214 g/mol. The lowest BCUT2D eigenvalue weighted by atomic mass is 10.0. The maximum Gasteiger partial charge on any atom is 0.121 e. The van der Waals surface area contributed by atoms with Crippen LogP contribution in [-0.2, 0) is 6.42 Å². The van der Waals surface area contributed by atoms with Crippen LogP contribution in [0.2, 0.25) is 0 Å². The van der Waals surface area contributed by atoms with Crippen LogP contribution >= 0.6 is 0 Å². The van der Waals surface area contributed by atoms with E-state index >= 15 is 0 Å². The van der Waals surface area contributed by atoms with Crippen LogP contribution in [0, 0.1) is 0 Å². The predicted molar refractivity (Wildman–Crippen MR) is 72.0 cm³/mol. The number of fused-ring (bicyclic) bond motifs is 1. The summed E-state index contributed by atoms with van der Waals surface area (Å²) in [4.78, 5) is 0. The Hall–Kier alpha value is -1.42. The zero-order valence-electron chi connectivity index (χ0n) is 10.4. The highest BCUT2D eigenvalue weighted by molar-refractivity contribution is 5.75. The minimum absolute atomic E-state index is 0.715. The molecule has 4 nitrogen and oxygen atoms in total. The largest absolute Gasteiger partial charge is 0.497 e. The van der Waals surface area contributed by atoms with Crippen molar-refractivity contribution in [2.75, 3.05) is 37.4 Å². The standard InChI is InChI=1S/C13H21N3O/c1-17-11-8-10-4-2-6-16-13(10)12(9-11)15-7-3-5-14/h8-9,15-16H,2-7,14H2,1H3. The summed E-state index contributed by atoms with van der Waals surface area (Å²) in [7, 11) is 1.71. The van der Waals surface area contributed by atoms with Gasteiger partial charge in [-0.3, -0.25) is 0 Å². The van der Waals surface area contributed by atoms with Crippen molar-refractivity contribution in [3.63, 3.8) is 0 Å². The van der Waals surface area contributed by atoms with Crippen LogP contribution in [0.4, 0.5) is 11.4 Å². The zero-order valence-corrected chi connectivity index (χ0v) is 10.4. The fourth-order valence-corrected chi connectivity index (χ4v) is 2.15. The summed E-state index contributed by atoms with van der Waals surface area (Å²) < 4.78 is 5.33. The van der Waals surface area contributed by atoms with Crippen molar-refractivity contribution in [2.24, 2.45) is 5.73 Å². The zero-order chi connectivity index (χ0) is 12.1. The van der Waals surface area contributed by atoms with Crippen LogP contribution in [-0.4, -0.2) is 26.7 Å². The second-order valence-electron chi connectivity index (χ2n) is 4.31. The third kappa shape index (κ3) is 2.82. The summed E-state index contributed by atoms with van der Waals surface area (Å²) in [6.45, 7) is 2.66. The SMILES string of the molecule is COc1cc2c(c(NCCCN)c1)NCCC2. The summed E-state index contributed by atoms with van der Waals surface area (Å²) in [6.07, 6.45) is 3.28. The van der Waals surface area contributed by atoms with E-state index in [2.05, 4.69) is 16.7 Å². The molecule has 0 bridgehead atoms. The quantitative estimate of drug-likeness (QED) is 0.681. The molecule has 0 amide bonds. The molecule has 1 aromatic carbocycles. The van der Waals surface area contributed by atoms with E-state index in [9.17, 15) is 0 Å². The number of ether oxygens (including phenoxy) is 1. The number of aryl methyl sites for hydroxylation is 1. The first-order chi connectivity index (χ1) is 8.35. The van der Waals surface area contributed by atoms with Gasteiger partial charge in [0.15, 0.2) is 0 Å². The van der Waals surface area contributed by atoms with Gasteiger partial charge in [-0.25, -0.2) is 0 Å². The Bertz CT molecular complexity index is 379.